The summed E-state index contributed by atoms with van der Waals surface area (Å²) in [5, 5.41) is 0.689. The van der Waals surface area contributed by atoms with Crippen LogP contribution in [0.5, 0.6) is 0 Å². The molecule has 3 heterocycles. The van der Waals surface area contributed by atoms with Gasteiger partial charge in [-0.2, -0.15) is 0 Å². The number of nitrogen functional groups attached to an aromatic ring is 1. The van der Waals surface area contributed by atoms with E-state index in [9.17, 15) is 0 Å². The quantitative estimate of drug-likeness (QED) is 0.584. The standard InChI is InChI=1S/C13H13N5S/c1-9-6-11(14)17-13(15-9)19-8-10-7-18-5-3-2-4-12(18)16-10/h2-7H,8H2,1H3,(H2,14,15,17). The van der Waals surface area contributed by atoms with E-state index in [0.29, 0.717) is 11.0 Å². The van der Waals surface area contributed by atoms with E-state index < -0.39 is 0 Å². The number of hydrogen-bond acceptors (Lipinski definition) is 5. The highest BCUT2D eigenvalue weighted by Gasteiger charge is 2.05. The summed E-state index contributed by atoms with van der Waals surface area (Å²) in [6.07, 6.45) is 4.00. The number of thioether (sulfide) groups is 1. The van der Waals surface area contributed by atoms with Gasteiger partial charge in [-0.15, -0.1) is 0 Å². The molecule has 96 valence electrons. The molecule has 0 unspecified atom stereocenters. The Kier molecular flexibility index (Phi) is 3.08. The van der Waals surface area contributed by atoms with Crippen LogP contribution in [0.3, 0.4) is 0 Å². The first-order chi connectivity index (χ1) is 9.20. The number of anilines is 1. The fourth-order valence-electron chi connectivity index (χ4n) is 1.82. The number of hydrogen-bond donors (Lipinski definition) is 1. The van der Waals surface area contributed by atoms with Crippen LogP contribution < -0.4 is 5.73 Å². The molecular formula is C13H13N5S. The van der Waals surface area contributed by atoms with Gasteiger partial charge in [0.2, 0.25) is 0 Å². The number of imidazole rings is 1. The SMILES string of the molecule is Cc1cc(N)nc(SCc2cn3ccccc3n2)n1. The van der Waals surface area contributed by atoms with Crippen molar-refractivity contribution in [2.45, 2.75) is 17.8 Å². The summed E-state index contributed by atoms with van der Waals surface area (Å²) in [4.78, 5) is 13.1. The lowest BCUT2D eigenvalue weighted by molar-refractivity contribution is 0.939. The normalized spacial score (nSPS) is 11.0. The molecule has 0 aromatic carbocycles. The van der Waals surface area contributed by atoms with E-state index in [0.717, 1.165) is 22.8 Å². The van der Waals surface area contributed by atoms with Crippen molar-refractivity contribution < 1.29 is 0 Å². The summed E-state index contributed by atoms with van der Waals surface area (Å²) >= 11 is 1.54. The largest absolute Gasteiger partial charge is 0.384 e. The molecule has 2 N–H and O–H groups in total. The van der Waals surface area contributed by atoms with Gasteiger partial charge in [-0.3, -0.25) is 0 Å². The summed E-state index contributed by atoms with van der Waals surface area (Å²) < 4.78 is 2.00. The van der Waals surface area contributed by atoms with Crippen LogP contribution in [0, 0.1) is 6.92 Å². The predicted octanol–water partition coefficient (Wildman–Crippen LogP) is 2.31. The maximum Gasteiger partial charge on any atom is 0.190 e. The molecule has 0 saturated carbocycles. The third kappa shape index (κ3) is 2.68. The zero-order valence-corrected chi connectivity index (χ0v) is 11.3. The van der Waals surface area contributed by atoms with Gasteiger partial charge < -0.3 is 10.1 Å². The lowest BCUT2D eigenvalue weighted by atomic mass is 10.4. The molecule has 3 rings (SSSR count). The van der Waals surface area contributed by atoms with Crippen molar-refractivity contribution in [1.29, 1.82) is 0 Å². The van der Waals surface area contributed by atoms with E-state index in [1.54, 1.807) is 6.07 Å². The van der Waals surface area contributed by atoms with E-state index in [1.807, 2.05) is 41.9 Å². The Hall–Kier alpha value is -2.08. The first-order valence-corrected chi connectivity index (χ1v) is 6.86. The fourth-order valence-corrected chi connectivity index (χ4v) is 2.62. The van der Waals surface area contributed by atoms with Crippen LogP contribution in [-0.4, -0.2) is 19.4 Å². The molecule has 0 amide bonds. The molecule has 0 aliphatic heterocycles. The Morgan fingerprint density at radius 2 is 2.16 bits per heavy atom. The molecule has 19 heavy (non-hydrogen) atoms. The number of aryl methyl sites for hydroxylation is 1. The Morgan fingerprint density at radius 3 is 2.95 bits per heavy atom. The Labute approximate surface area is 114 Å². The van der Waals surface area contributed by atoms with Crippen molar-refractivity contribution >= 4 is 23.2 Å². The highest BCUT2D eigenvalue weighted by atomic mass is 32.2. The number of rotatable bonds is 3. The van der Waals surface area contributed by atoms with Crippen molar-refractivity contribution in [3.63, 3.8) is 0 Å². The van der Waals surface area contributed by atoms with E-state index in [4.69, 9.17) is 5.73 Å². The van der Waals surface area contributed by atoms with Crippen molar-refractivity contribution in [2.75, 3.05) is 5.73 Å². The molecule has 6 heteroatoms. The average Bonchev–Trinajstić information content (AvgIpc) is 2.78. The third-order valence-electron chi connectivity index (χ3n) is 2.62. The molecule has 0 aliphatic carbocycles. The highest BCUT2D eigenvalue weighted by molar-refractivity contribution is 7.98. The molecule has 5 nitrogen and oxygen atoms in total. The summed E-state index contributed by atoms with van der Waals surface area (Å²) in [5.41, 5.74) is 8.53. The van der Waals surface area contributed by atoms with E-state index in [1.165, 1.54) is 11.8 Å². The maximum atomic E-state index is 5.71. The van der Waals surface area contributed by atoms with Gasteiger partial charge in [-0.05, 0) is 19.1 Å². The fraction of sp³-hybridized carbons (Fsp3) is 0.154. The second-order valence-corrected chi connectivity index (χ2v) is 5.15. The second-order valence-electron chi connectivity index (χ2n) is 4.20. The lowest BCUT2D eigenvalue weighted by Gasteiger charge is -2.00. The van der Waals surface area contributed by atoms with Gasteiger partial charge >= 0.3 is 0 Å². The summed E-state index contributed by atoms with van der Waals surface area (Å²) in [5.74, 6) is 1.23. The molecule has 0 fully saturated rings. The Morgan fingerprint density at radius 1 is 1.26 bits per heavy atom. The minimum absolute atomic E-state index is 0.505. The van der Waals surface area contributed by atoms with Crippen molar-refractivity contribution in [3.05, 3.63) is 48.0 Å². The van der Waals surface area contributed by atoms with Gasteiger partial charge in [0, 0.05) is 29.9 Å². The molecule has 0 atom stereocenters. The van der Waals surface area contributed by atoms with Crippen LogP contribution in [0.2, 0.25) is 0 Å². The average molecular weight is 271 g/mol. The van der Waals surface area contributed by atoms with Crippen molar-refractivity contribution in [3.8, 4) is 0 Å². The predicted molar refractivity (Wildman–Crippen MR) is 75.9 cm³/mol. The van der Waals surface area contributed by atoms with Crippen LogP contribution in [0.4, 0.5) is 5.82 Å². The van der Waals surface area contributed by atoms with Crippen molar-refractivity contribution in [1.82, 2.24) is 19.4 Å². The zero-order chi connectivity index (χ0) is 13.2. The van der Waals surface area contributed by atoms with Gasteiger partial charge in [0.25, 0.3) is 0 Å². The summed E-state index contributed by atoms with van der Waals surface area (Å²) in [6, 6.07) is 7.70. The molecule has 3 aromatic heterocycles. The van der Waals surface area contributed by atoms with Crippen LogP contribution in [0.25, 0.3) is 5.65 Å². The molecule has 0 radical (unpaired) electrons. The summed E-state index contributed by atoms with van der Waals surface area (Å²) in [6.45, 7) is 1.91. The minimum Gasteiger partial charge on any atom is -0.384 e. The van der Waals surface area contributed by atoms with Gasteiger partial charge in [0.15, 0.2) is 5.16 Å². The Bertz CT molecular complexity index is 669. The first-order valence-electron chi connectivity index (χ1n) is 5.87. The van der Waals surface area contributed by atoms with Crippen LogP contribution in [0.1, 0.15) is 11.4 Å². The minimum atomic E-state index is 0.505. The molecular weight excluding hydrogens is 258 g/mol. The monoisotopic (exact) mass is 271 g/mol. The first kappa shape index (κ1) is 12.0. The third-order valence-corrected chi connectivity index (χ3v) is 3.50. The number of nitrogens with two attached hydrogens (primary N) is 1. The van der Waals surface area contributed by atoms with Gasteiger partial charge in [0.1, 0.15) is 11.5 Å². The smallest absolute Gasteiger partial charge is 0.190 e. The Balaban J connectivity index is 1.78. The van der Waals surface area contributed by atoms with Gasteiger partial charge in [-0.25, -0.2) is 15.0 Å². The zero-order valence-electron chi connectivity index (χ0n) is 10.4. The van der Waals surface area contributed by atoms with Crippen LogP contribution in [0.15, 0.2) is 41.8 Å². The van der Waals surface area contributed by atoms with Crippen molar-refractivity contribution in [2.24, 2.45) is 0 Å². The number of fused-ring (bicyclic) bond motifs is 1. The van der Waals surface area contributed by atoms with E-state index in [-0.39, 0.29) is 0 Å². The molecule has 0 bridgehead atoms. The van der Waals surface area contributed by atoms with E-state index in [2.05, 4.69) is 15.0 Å². The molecule has 3 aromatic rings. The number of aromatic nitrogens is 4. The molecule has 0 aliphatic rings. The highest BCUT2D eigenvalue weighted by Crippen LogP contribution is 2.20. The van der Waals surface area contributed by atoms with E-state index >= 15 is 0 Å². The molecule has 0 spiro atoms. The van der Waals surface area contributed by atoms with Gasteiger partial charge in [0.05, 0.1) is 5.69 Å². The summed E-state index contributed by atoms with van der Waals surface area (Å²) in [7, 11) is 0. The van der Waals surface area contributed by atoms with Crippen LogP contribution in [-0.2, 0) is 5.75 Å². The second kappa shape index (κ2) is 4.89. The van der Waals surface area contributed by atoms with Gasteiger partial charge in [-0.1, -0.05) is 17.8 Å². The maximum absolute atomic E-state index is 5.71. The van der Waals surface area contributed by atoms with Crippen LogP contribution >= 0.6 is 11.8 Å². The molecule has 0 saturated heterocycles. The topological polar surface area (TPSA) is 69.1 Å². The number of pyridine rings is 1. The number of nitrogens with zero attached hydrogens (tertiary/aromatic N) is 4. The lowest BCUT2D eigenvalue weighted by Crippen LogP contribution is -1.96.